The predicted molar refractivity (Wildman–Crippen MR) is 28.5 cm³/mol. The van der Waals surface area contributed by atoms with Crippen LogP contribution in [0.15, 0.2) is 12.3 Å². The molecule has 0 aromatic carbocycles. The average Bonchev–Trinajstić information content (AvgIpc) is 1.77. The summed E-state index contributed by atoms with van der Waals surface area (Å²) in [5.74, 6) is 0.115. The van der Waals surface area contributed by atoms with Crippen molar-refractivity contribution in [3.8, 4) is 0 Å². The molecule has 0 saturated carbocycles. The third-order valence-electron chi connectivity index (χ3n) is 0.878. The van der Waals surface area contributed by atoms with Crippen LogP contribution in [0.25, 0.3) is 0 Å². The normalized spacial score (nSPS) is 18.6. The van der Waals surface area contributed by atoms with Gasteiger partial charge in [-0.2, -0.15) is 0 Å². The number of amidine groups is 1. The van der Waals surface area contributed by atoms with E-state index in [0.29, 0.717) is 6.67 Å². The van der Waals surface area contributed by atoms with Gasteiger partial charge in [0.05, 0.1) is 0 Å². The summed E-state index contributed by atoms with van der Waals surface area (Å²) in [6.45, 7) is 0.301. The zero-order valence-electron chi connectivity index (χ0n) is 4.26. The van der Waals surface area contributed by atoms with E-state index in [2.05, 4.69) is 5.32 Å². The van der Waals surface area contributed by atoms with E-state index in [9.17, 15) is 0 Å². The number of nitrogens with one attached hydrogen (secondary N) is 2. The highest BCUT2D eigenvalue weighted by Crippen LogP contribution is 1.88. The molecule has 1 aliphatic heterocycles. The van der Waals surface area contributed by atoms with E-state index in [0.717, 1.165) is 5.06 Å². The highest BCUT2D eigenvalue weighted by atomic mass is 16.5. The van der Waals surface area contributed by atoms with Crippen molar-refractivity contribution in [1.82, 2.24) is 10.4 Å². The van der Waals surface area contributed by atoms with Crippen LogP contribution >= 0.6 is 0 Å². The van der Waals surface area contributed by atoms with Crippen LogP contribution in [0.5, 0.6) is 0 Å². The topological polar surface area (TPSA) is 59.4 Å². The Morgan fingerprint density at radius 2 is 2.62 bits per heavy atom. The van der Waals surface area contributed by atoms with Gasteiger partial charge < -0.3 is 5.32 Å². The lowest BCUT2D eigenvalue weighted by Gasteiger charge is -2.18. The molecule has 44 valence electrons. The molecule has 1 rings (SSSR count). The molecule has 0 amide bonds. The first-order chi connectivity index (χ1) is 3.80. The molecule has 0 aromatic rings. The van der Waals surface area contributed by atoms with Gasteiger partial charge in [-0.3, -0.25) is 10.6 Å². The summed E-state index contributed by atoms with van der Waals surface area (Å²) < 4.78 is 0. The Morgan fingerprint density at radius 3 is 3.00 bits per heavy atom. The third-order valence-corrected chi connectivity index (χ3v) is 0.878. The molecule has 0 saturated heterocycles. The molecular formula is C4H7N3O. The number of hydroxylamine groups is 2. The van der Waals surface area contributed by atoms with Gasteiger partial charge in [0.15, 0.2) is 0 Å². The van der Waals surface area contributed by atoms with Gasteiger partial charge in [-0.05, 0) is 6.08 Å². The first-order valence-electron chi connectivity index (χ1n) is 2.25. The van der Waals surface area contributed by atoms with Crippen LogP contribution in [-0.2, 0) is 0 Å². The number of nitrogens with zero attached hydrogens (tertiary/aromatic N) is 1. The molecule has 1 heterocycles. The van der Waals surface area contributed by atoms with E-state index < -0.39 is 0 Å². The highest BCUT2D eigenvalue weighted by Gasteiger charge is 2.03. The molecular weight excluding hydrogens is 106 g/mol. The fourth-order valence-electron chi connectivity index (χ4n) is 0.448. The second kappa shape index (κ2) is 1.83. The molecule has 0 atom stereocenters. The van der Waals surface area contributed by atoms with Gasteiger partial charge >= 0.3 is 0 Å². The van der Waals surface area contributed by atoms with E-state index in [1.165, 1.54) is 6.08 Å². The second-order valence-corrected chi connectivity index (χ2v) is 1.48. The average molecular weight is 113 g/mol. The van der Waals surface area contributed by atoms with Crippen molar-refractivity contribution in [1.29, 1.82) is 5.41 Å². The van der Waals surface area contributed by atoms with E-state index in [1.807, 2.05) is 0 Å². The summed E-state index contributed by atoms with van der Waals surface area (Å²) in [6, 6.07) is 0. The van der Waals surface area contributed by atoms with Gasteiger partial charge in [-0.25, -0.2) is 5.06 Å². The zero-order valence-corrected chi connectivity index (χ0v) is 4.26. The smallest absolute Gasteiger partial charge is 0.148 e. The summed E-state index contributed by atoms with van der Waals surface area (Å²) in [4.78, 5) is 0. The lowest BCUT2D eigenvalue weighted by Crippen LogP contribution is -2.36. The SMILES string of the molecule is N=C1C=CNCN1O. The van der Waals surface area contributed by atoms with Crippen LogP contribution in [-0.4, -0.2) is 22.8 Å². The maximum Gasteiger partial charge on any atom is 0.148 e. The van der Waals surface area contributed by atoms with Gasteiger partial charge in [0.1, 0.15) is 12.5 Å². The van der Waals surface area contributed by atoms with Crippen molar-refractivity contribution in [2.24, 2.45) is 0 Å². The summed E-state index contributed by atoms with van der Waals surface area (Å²) in [7, 11) is 0. The quantitative estimate of drug-likeness (QED) is 0.405. The molecule has 0 fully saturated rings. The van der Waals surface area contributed by atoms with Crippen LogP contribution in [0.4, 0.5) is 0 Å². The van der Waals surface area contributed by atoms with Crippen molar-refractivity contribution >= 4 is 5.84 Å². The zero-order chi connectivity index (χ0) is 5.98. The van der Waals surface area contributed by atoms with Crippen molar-refractivity contribution in [3.63, 3.8) is 0 Å². The lowest BCUT2D eigenvalue weighted by atomic mass is 10.5. The van der Waals surface area contributed by atoms with Crippen LogP contribution in [0.3, 0.4) is 0 Å². The Morgan fingerprint density at radius 1 is 1.88 bits per heavy atom. The molecule has 0 aliphatic carbocycles. The van der Waals surface area contributed by atoms with Gasteiger partial charge in [-0.15, -0.1) is 0 Å². The van der Waals surface area contributed by atoms with Gasteiger partial charge in [0.2, 0.25) is 0 Å². The summed E-state index contributed by atoms with van der Waals surface area (Å²) in [5.41, 5.74) is 0. The fourth-order valence-corrected chi connectivity index (χ4v) is 0.448. The first kappa shape index (κ1) is 5.11. The predicted octanol–water partition coefficient (Wildman–Crippen LogP) is -0.271. The molecule has 0 radical (unpaired) electrons. The van der Waals surface area contributed by atoms with Gasteiger partial charge in [0.25, 0.3) is 0 Å². The molecule has 0 bridgehead atoms. The number of hydrogen-bond donors (Lipinski definition) is 3. The van der Waals surface area contributed by atoms with Crippen LogP contribution < -0.4 is 5.32 Å². The monoisotopic (exact) mass is 113 g/mol. The summed E-state index contributed by atoms with van der Waals surface area (Å²) in [5, 5.41) is 19.2. The maximum atomic E-state index is 8.67. The Hall–Kier alpha value is -1.03. The lowest BCUT2D eigenvalue weighted by molar-refractivity contribution is -0.0203. The Labute approximate surface area is 46.9 Å². The summed E-state index contributed by atoms with van der Waals surface area (Å²) >= 11 is 0. The van der Waals surface area contributed by atoms with Crippen LogP contribution in [0.1, 0.15) is 0 Å². The van der Waals surface area contributed by atoms with Crippen molar-refractivity contribution in [3.05, 3.63) is 12.3 Å². The van der Waals surface area contributed by atoms with E-state index in [4.69, 9.17) is 10.6 Å². The summed E-state index contributed by atoms with van der Waals surface area (Å²) in [6.07, 6.45) is 3.10. The maximum absolute atomic E-state index is 8.67. The Kier molecular flexibility index (Phi) is 1.17. The van der Waals surface area contributed by atoms with Crippen molar-refractivity contribution in [2.75, 3.05) is 6.67 Å². The van der Waals surface area contributed by atoms with Gasteiger partial charge in [0, 0.05) is 6.20 Å². The van der Waals surface area contributed by atoms with Crippen LogP contribution in [0.2, 0.25) is 0 Å². The molecule has 4 nitrogen and oxygen atoms in total. The minimum Gasteiger partial charge on any atom is -0.372 e. The minimum absolute atomic E-state index is 0.115. The van der Waals surface area contributed by atoms with Crippen molar-refractivity contribution in [2.45, 2.75) is 0 Å². The fraction of sp³-hybridized carbons (Fsp3) is 0.250. The molecule has 8 heavy (non-hydrogen) atoms. The van der Waals surface area contributed by atoms with Crippen LogP contribution in [0, 0.1) is 5.41 Å². The molecule has 0 unspecified atom stereocenters. The highest BCUT2D eigenvalue weighted by molar-refractivity contribution is 5.89. The molecule has 0 aromatic heterocycles. The molecule has 3 N–H and O–H groups in total. The minimum atomic E-state index is 0.115. The van der Waals surface area contributed by atoms with E-state index >= 15 is 0 Å². The largest absolute Gasteiger partial charge is 0.372 e. The third kappa shape index (κ3) is 0.788. The molecule has 4 heteroatoms. The van der Waals surface area contributed by atoms with Gasteiger partial charge in [-0.1, -0.05) is 0 Å². The Bertz CT molecular complexity index is 131. The van der Waals surface area contributed by atoms with E-state index in [1.54, 1.807) is 6.20 Å². The second-order valence-electron chi connectivity index (χ2n) is 1.48. The van der Waals surface area contributed by atoms with Crippen molar-refractivity contribution < 1.29 is 5.21 Å². The molecule has 1 aliphatic rings. The first-order valence-corrected chi connectivity index (χ1v) is 2.25. The molecule has 0 spiro atoms. The number of rotatable bonds is 0. The number of hydrogen-bond acceptors (Lipinski definition) is 3. The standard InChI is InChI=1S/C4H7N3O/c5-4-1-2-6-3-7(4)8/h1-2,5-6,8H,3H2. The Balaban J connectivity index is 2.60. The van der Waals surface area contributed by atoms with E-state index in [-0.39, 0.29) is 5.84 Å².